The molecule has 0 radical (unpaired) electrons. The molecular formula is C60H38O. The van der Waals surface area contributed by atoms with Crippen molar-refractivity contribution in [2.24, 2.45) is 0 Å². The van der Waals surface area contributed by atoms with Crippen LogP contribution in [0.25, 0.3) is 109 Å². The van der Waals surface area contributed by atoms with E-state index in [0.29, 0.717) is 0 Å². The Morgan fingerprint density at radius 3 is 1.48 bits per heavy atom. The molecule has 61 heavy (non-hydrogen) atoms. The highest BCUT2D eigenvalue weighted by Crippen LogP contribution is 2.49. The Balaban J connectivity index is 0.971. The summed E-state index contributed by atoms with van der Waals surface area (Å²) < 4.78 is 6.62. The second-order valence-corrected chi connectivity index (χ2v) is 16.6. The molecule has 0 N–H and O–H groups in total. The number of benzene rings is 11. The van der Waals surface area contributed by atoms with Crippen molar-refractivity contribution in [3.63, 3.8) is 0 Å². The number of para-hydroxylation sites is 1. The summed E-state index contributed by atoms with van der Waals surface area (Å²) in [5.74, 6) is 1.25. The maximum Gasteiger partial charge on any atom is 0.132 e. The highest BCUT2D eigenvalue weighted by molar-refractivity contribution is 6.33. The van der Waals surface area contributed by atoms with Crippen molar-refractivity contribution in [2.75, 3.05) is 0 Å². The van der Waals surface area contributed by atoms with Gasteiger partial charge in [-0.1, -0.05) is 200 Å². The quantitative estimate of drug-likeness (QED) is 0.128. The highest BCUT2D eigenvalue weighted by Gasteiger charge is 2.33. The Bertz CT molecular complexity index is 3620. The van der Waals surface area contributed by atoms with Crippen LogP contribution in [-0.4, -0.2) is 6.10 Å². The van der Waals surface area contributed by atoms with Gasteiger partial charge in [0, 0.05) is 17.0 Å². The van der Waals surface area contributed by atoms with E-state index >= 15 is 0 Å². The van der Waals surface area contributed by atoms with E-state index in [2.05, 4.69) is 218 Å². The summed E-state index contributed by atoms with van der Waals surface area (Å²) in [6.07, 6.45) is 8.71. The van der Waals surface area contributed by atoms with E-state index < -0.39 is 0 Å². The van der Waals surface area contributed by atoms with Crippen LogP contribution in [0.15, 0.2) is 218 Å². The van der Waals surface area contributed by atoms with Crippen molar-refractivity contribution >= 4 is 64.6 Å². The molecule has 2 aliphatic rings. The van der Waals surface area contributed by atoms with Crippen molar-refractivity contribution in [1.29, 1.82) is 0 Å². The maximum absolute atomic E-state index is 6.62. The topological polar surface area (TPSA) is 9.23 Å². The predicted molar refractivity (Wildman–Crippen MR) is 259 cm³/mol. The van der Waals surface area contributed by atoms with Crippen LogP contribution in [0.3, 0.4) is 0 Å². The van der Waals surface area contributed by atoms with Gasteiger partial charge in [-0.3, -0.25) is 0 Å². The Kier molecular flexibility index (Phi) is 7.50. The molecule has 0 spiro atoms. The van der Waals surface area contributed by atoms with Crippen LogP contribution in [0.5, 0.6) is 5.75 Å². The third-order valence-electron chi connectivity index (χ3n) is 13.4. The molecule has 1 nitrogen and oxygen atoms in total. The first-order valence-electron chi connectivity index (χ1n) is 21.3. The first-order chi connectivity index (χ1) is 30.3. The van der Waals surface area contributed by atoms with Crippen LogP contribution < -0.4 is 4.74 Å². The molecule has 0 fully saturated rings. The Morgan fingerprint density at radius 1 is 0.311 bits per heavy atom. The molecule has 11 aromatic carbocycles. The molecule has 0 saturated carbocycles. The van der Waals surface area contributed by atoms with E-state index in [1.807, 2.05) is 0 Å². The summed E-state index contributed by atoms with van der Waals surface area (Å²) in [5, 5.41) is 15.3. The molecule has 2 unspecified atom stereocenters. The molecule has 0 amide bonds. The average molecular weight is 775 g/mol. The van der Waals surface area contributed by atoms with Crippen LogP contribution in [0.4, 0.5) is 0 Å². The molecule has 1 heteroatoms. The molecule has 1 aliphatic carbocycles. The molecule has 2 atom stereocenters. The summed E-state index contributed by atoms with van der Waals surface area (Å²) >= 11 is 0. The minimum Gasteiger partial charge on any atom is -0.484 e. The summed E-state index contributed by atoms with van der Waals surface area (Å²) in [7, 11) is 0. The number of rotatable bonds is 4. The van der Waals surface area contributed by atoms with Gasteiger partial charge in [-0.25, -0.2) is 0 Å². The zero-order chi connectivity index (χ0) is 40.0. The van der Waals surface area contributed by atoms with Crippen LogP contribution in [0.1, 0.15) is 11.5 Å². The van der Waals surface area contributed by atoms with Gasteiger partial charge in [0.1, 0.15) is 11.9 Å². The number of allylic oxidation sites excluding steroid dienone is 2. The zero-order valence-electron chi connectivity index (χ0n) is 33.3. The normalized spacial score (nSPS) is 15.5. The summed E-state index contributed by atoms with van der Waals surface area (Å²) in [6, 6.07) is 72.0. The third kappa shape index (κ3) is 5.14. The summed E-state index contributed by atoms with van der Waals surface area (Å²) in [5.41, 5.74) is 10.9. The molecule has 0 saturated heterocycles. The van der Waals surface area contributed by atoms with Gasteiger partial charge < -0.3 is 4.74 Å². The number of ether oxygens (including phenoxy) is 1. The van der Waals surface area contributed by atoms with Crippen LogP contribution >= 0.6 is 0 Å². The predicted octanol–water partition coefficient (Wildman–Crippen LogP) is 16.2. The van der Waals surface area contributed by atoms with Gasteiger partial charge in [-0.05, 0) is 122 Å². The monoisotopic (exact) mass is 774 g/mol. The SMILES string of the molecule is C1=CC2Oc3c(-c4cccc(-c5c6ccccc6c(-c6ccc(-c7cc8c9ccccc9c9ccccc9c8c8ccccc78)cc6)c6ccccc56)c4)cccc3C2C=C1. The third-order valence-corrected chi connectivity index (χ3v) is 13.4. The van der Waals surface area contributed by atoms with E-state index in [4.69, 9.17) is 4.74 Å². The fourth-order valence-corrected chi connectivity index (χ4v) is 10.7. The Hall–Kier alpha value is -7.74. The lowest BCUT2D eigenvalue weighted by molar-refractivity contribution is 0.270. The zero-order valence-corrected chi connectivity index (χ0v) is 33.3. The minimum absolute atomic E-state index is 0.0480. The van der Waals surface area contributed by atoms with Gasteiger partial charge in [0.05, 0.1) is 0 Å². The van der Waals surface area contributed by atoms with Crippen molar-refractivity contribution < 1.29 is 4.74 Å². The summed E-state index contributed by atoms with van der Waals surface area (Å²) in [4.78, 5) is 0. The average Bonchev–Trinajstić information content (AvgIpc) is 3.72. The van der Waals surface area contributed by atoms with E-state index in [9.17, 15) is 0 Å². The van der Waals surface area contributed by atoms with Gasteiger partial charge in [0.15, 0.2) is 0 Å². The van der Waals surface area contributed by atoms with E-state index in [-0.39, 0.29) is 12.0 Å². The molecule has 0 aromatic heterocycles. The second-order valence-electron chi connectivity index (χ2n) is 16.6. The highest BCUT2D eigenvalue weighted by atomic mass is 16.5. The van der Waals surface area contributed by atoms with Crippen molar-refractivity contribution in [2.45, 2.75) is 12.0 Å². The lowest BCUT2D eigenvalue weighted by Gasteiger charge is -2.19. The molecule has 11 aromatic rings. The fourth-order valence-electron chi connectivity index (χ4n) is 10.7. The number of hydrogen-bond acceptors (Lipinski definition) is 1. The molecule has 1 heterocycles. The molecular weight excluding hydrogens is 737 g/mol. The Labute approximate surface area is 354 Å². The first-order valence-corrected chi connectivity index (χ1v) is 21.3. The lowest BCUT2D eigenvalue weighted by atomic mass is 9.84. The van der Waals surface area contributed by atoms with Gasteiger partial charge in [0.2, 0.25) is 0 Å². The first kappa shape index (κ1) is 34.2. The smallest absolute Gasteiger partial charge is 0.132 e. The standard InChI is InChI=1S/C60H38O/c1-2-19-44-42(17-1)43-18-3-5-22-47(43)59-48-23-6-4-20-45(48)54(36-55(44)59)37-31-33-38(34-32-37)57-49-24-7-9-26-51(49)58(52-27-10-8-25-50(52)57)40-16-13-15-39(35-40)41-28-14-29-53-46-21-11-12-30-56(46)61-60(41)53/h1-36,46,56H. The summed E-state index contributed by atoms with van der Waals surface area (Å²) in [6.45, 7) is 0. The minimum atomic E-state index is 0.0480. The molecule has 0 bridgehead atoms. The van der Waals surface area contributed by atoms with E-state index in [0.717, 1.165) is 16.9 Å². The number of fused-ring (bicyclic) bond motifs is 13. The van der Waals surface area contributed by atoms with Gasteiger partial charge in [-0.15, -0.1) is 0 Å². The van der Waals surface area contributed by atoms with Crippen LogP contribution in [-0.2, 0) is 0 Å². The number of hydrogen-bond donors (Lipinski definition) is 0. The largest absolute Gasteiger partial charge is 0.484 e. The van der Waals surface area contributed by atoms with Crippen LogP contribution in [0.2, 0.25) is 0 Å². The molecule has 1 aliphatic heterocycles. The Morgan fingerprint density at radius 2 is 0.803 bits per heavy atom. The van der Waals surface area contributed by atoms with Crippen molar-refractivity contribution in [3.8, 4) is 50.3 Å². The van der Waals surface area contributed by atoms with E-state index in [1.165, 1.54) is 104 Å². The van der Waals surface area contributed by atoms with Gasteiger partial charge in [0.25, 0.3) is 0 Å². The maximum atomic E-state index is 6.62. The van der Waals surface area contributed by atoms with Gasteiger partial charge in [-0.2, -0.15) is 0 Å². The molecule has 284 valence electrons. The van der Waals surface area contributed by atoms with E-state index in [1.54, 1.807) is 0 Å². The van der Waals surface area contributed by atoms with Crippen LogP contribution in [0, 0.1) is 0 Å². The van der Waals surface area contributed by atoms with Crippen molar-refractivity contribution in [3.05, 3.63) is 224 Å². The fraction of sp³-hybridized carbons (Fsp3) is 0.0333. The molecule has 13 rings (SSSR count). The lowest BCUT2D eigenvalue weighted by Crippen LogP contribution is -2.15. The van der Waals surface area contributed by atoms with Crippen molar-refractivity contribution in [1.82, 2.24) is 0 Å². The second kappa shape index (κ2) is 13.4. The van der Waals surface area contributed by atoms with Gasteiger partial charge >= 0.3 is 0 Å².